The first kappa shape index (κ1) is 17.5. The van der Waals surface area contributed by atoms with Crippen molar-refractivity contribution < 1.29 is 13.2 Å². The first-order valence-corrected chi connectivity index (χ1v) is 8.84. The van der Waals surface area contributed by atoms with Crippen molar-refractivity contribution in [3.63, 3.8) is 0 Å². The number of nitrogens with zero attached hydrogens (tertiary/aromatic N) is 1. The first-order chi connectivity index (χ1) is 9.64. The van der Waals surface area contributed by atoms with Crippen LogP contribution in [0.2, 0.25) is 0 Å². The number of anilines is 1. The molecule has 6 heteroatoms. The van der Waals surface area contributed by atoms with Crippen LogP contribution in [0.4, 0.5) is 5.69 Å². The molecule has 0 radical (unpaired) electrons. The number of carbonyl (C=O) groups excluding carboxylic acids is 1. The number of benzene rings is 1. The molecule has 0 aromatic heterocycles. The average Bonchev–Trinajstić information content (AvgIpc) is 2.38. The van der Waals surface area contributed by atoms with E-state index in [9.17, 15) is 13.2 Å². The van der Waals surface area contributed by atoms with Gasteiger partial charge in [0.25, 0.3) is 0 Å². The lowest BCUT2D eigenvalue weighted by Gasteiger charge is -2.29. The summed E-state index contributed by atoms with van der Waals surface area (Å²) in [7, 11) is -3.55. The maximum atomic E-state index is 12.3. The lowest BCUT2D eigenvalue weighted by Crippen LogP contribution is -2.50. The molecule has 1 N–H and O–H groups in total. The number of hydrogen-bond acceptors (Lipinski definition) is 3. The molecule has 0 saturated heterocycles. The molecule has 1 aromatic rings. The Morgan fingerprint density at radius 1 is 1.10 bits per heavy atom. The highest BCUT2D eigenvalue weighted by molar-refractivity contribution is 7.92. The largest absolute Gasteiger partial charge is 0.352 e. The molecule has 2 atom stereocenters. The maximum absolute atomic E-state index is 12.3. The van der Waals surface area contributed by atoms with Crippen LogP contribution in [0, 0.1) is 5.92 Å². The third-order valence-electron chi connectivity index (χ3n) is 3.47. The van der Waals surface area contributed by atoms with Crippen LogP contribution in [0.25, 0.3) is 0 Å². The van der Waals surface area contributed by atoms with E-state index in [0.29, 0.717) is 5.69 Å². The van der Waals surface area contributed by atoms with E-state index < -0.39 is 16.1 Å². The van der Waals surface area contributed by atoms with Crippen molar-refractivity contribution in [2.24, 2.45) is 5.92 Å². The zero-order chi connectivity index (χ0) is 16.2. The fourth-order valence-electron chi connectivity index (χ4n) is 1.90. The molecule has 0 saturated carbocycles. The zero-order valence-corrected chi connectivity index (χ0v) is 14.0. The van der Waals surface area contributed by atoms with Crippen LogP contribution < -0.4 is 9.62 Å². The fraction of sp³-hybridized carbons (Fsp3) is 0.533. The average molecular weight is 312 g/mol. The topological polar surface area (TPSA) is 66.5 Å². The maximum Gasteiger partial charge on any atom is 0.243 e. The molecule has 1 amide bonds. The number of rotatable bonds is 6. The van der Waals surface area contributed by atoms with Gasteiger partial charge in [-0.25, -0.2) is 8.42 Å². The Bertz CT molecular complexity index is 570. The molecular weight excluding hydrogens is 288 g/mol. The lowest BCUT2D eigenvalue weighted by molar-refractivity contribution is -0.122. The summed E-state index contributed by atoms with van der Waals surface area (Å²) < 4.78 is 25.2. The van der Waals surface area contributed by atoms with Gasteiger partial charge in [-0.05, 0) is 31.9 Å². The Kier molecular flexibility index (Phi) is 5.78. The highest BCUT2D eigenvalue weighted by Crippen LogP contribution is 2.20. The molecular formula is C15H24N2O3S. The molecule has 0 aliphatic rings. The van der Waals surface area contributed by atoms with E-state index in [-0.39, 0.29) is 17.9 Å². The van der Waals surface area contributed by atoms with Crippen molar-refractivity contribution in [3.8, 4) is 0 Å². The van der Waals surface area contributed by atoms with Gasteiger partial charge in [-0.2, -0.15) is 0 Å². The van der Waals surface area contributed by atoms with Crippen molar-refractivity contribution in [1.82, 2.24) is 5.32 Å². The molecule has 0 unspecified atom stereocenters. The van der Waals surface area contributed by atoms with Gasteiger partial charge in [0.1, 0.15) is 6.04 Å². The highest BCUT2D eigenvalue weighted by atomic mass is 32.2. The molecule has 21 heavy (non-hydrogen) atoms. The molecule has 0 heterocycles. The van der Waals surface area contributed by atoms with E-state index in [1.165, 1.54) is 0 Å². The second-order valence-corrected chi connectivity index (χ2v) is 7.47. The number of para-hydroxylation sites is 1. The van der Waals surface area contributed by atoms with E-state index in [1.807, 2.05) is 20.8 Å². The number of nitrogens with one attached hydrogen (secondary N) is 1. The predicted molar refractivity (Wildman–Crippen MR) is 85.7 cm³/mol. The molecule has 118 valence electrons. The van der Waals surface area contributed by atoms with Gasteiger partial charge in [-0.15, -0.1) is 0 Å². The second-order valence-electron chi connectivity index (χ2n) is 5.61. The summed E-state index contributed by atoms with van der Waals surface area (Å²) in [6.45, 7) is 7.50. The van der Waals surface area contributed by atoms with E-state index in [1.54, 1.807) is 37.3 Å². The van der Waals surface area contributed by atoms with Gasteiger partial charge < -0.3 is 5.32 Å². The summed E-state index contributed by atoms with van der Waals surface area (Å²) in [6.07, 6.45) is 1.11. The standard InChI is InChI=1S/C15H24N2O3S/c1-11(2)12(3)16-15(18)13(4)17(21(5,19)20)14-9-7-6-8-10-14/h6-13H,1-5H3,(H,16,18)/t12-,13-/m1/s1. The van der Waals surface area contributed by atoms with E-state index in [4.69, 9.17) is 0 Å². The Balaban J connectivity index is 3.03. The summed E-state index contributed by atoms with van der Waals surface area (Å²) in [4.78, 5) is 12.3. The number of sulfonamides is 1. The van der Waals surface area contributed by atoms with Crippen LogP contribution in [0.1, 0.15) is 27.7 Å². The van der Waals surface area contributed by atoms with Gasteiger partial charge in [0.2, 0.25) is 15.9 Å². The van der Waals surface area contributed by atoms with Crippen LogP contribution in [0.3, 0.4) is 0 Å². The van der Waals surface area contributed by atoms with Crippen molar-refractivity contribution in [2.45, 2.75) is 39.8 Å². The smallest absolute Gasteiger partial charge is 0.243 e. The Morgan fingerprint density at radius 3 is 2.05 bits per heavy atom. The van der Waals surface area contributed by atoms with Crippen LogP contribution in [0.5, 0.6) is 0 Å². The third kappa shape index (κ3) is 4.74. The minimum Gasteiger partial charge on any atom is -0.352 e. The van der Waals surface area contributed by atoms with Crippen molar-refractivity contribution >= 4 is 21.6 Å². The Labute approximate surface area is 127 Å². The summed E-state index contributed by atoms with van der Waals surface area (Å²) >= 11 is 0. The number of amides is 1. The van der Waals surface area contributed by atoms with E-state index in [2.05, 4.69) is 5.32 Å². The predicted octanol–water partition coefficient (Wildman–Crippen LogP) is 2.00. The molecule has 0 spiro atoms. The van der Waals surface area contributed by atoms with Crippen LogP contribution in [0.15, 0.2) is 30.3 Å². The van der Waals surface area contributed by atoms with Gasteiger partial charge in [0.05, 0.1) is 11.9 Å². The van der Waals surface area contributed by atoms with E-state index >= 15 is 0 Å². The molecule has 0 bridgehead atoms. The fourth-order valence-corrected chi connectivity index (χ4v) is 3.07. The quantitative estimate of drug-likeness (QED) is 0.873. The highest BCUT2D eigenvalue weighted by Gasteiger charge is 2.29. The summed E-state index contributed by atoms with van der Waals surface area (Å²) in [5, 5.41) is 2.86. The van der Waals surface area contributed by atoms with Gasteiger partial charge in [-0.3, -0.25) is 9.10 Å². The minimum absolute atomic E-state index is 0.0165. The van der Waals surface area contributed by atoms with E-state index in [0.717, 1.165) is 10.6 Å². The van der Waals surface area contributed by atoms with Crippen LogP contribution in [-0.4, -0.2) is 32.7 Å². The summed E-state index contributed by atoms with van der Waals surface area (Å²) in [5.41, 5.74) is 0.486. The van der Waals surface area contributed by atoms with Gasteiger partial charge in [0, 0.05) is 6.04 Å². The molecule has 0 aliphatic heterocycles. The molecule has 0 aliphatic carbocycles. The number of carbonyl (C=O) groups is 1. The second kappa shape index (κ2) is 6.93. The Morgan fingerprint density at radius 2 is 1.62 bits per heavy atom. The van der Waals surface area contributed by atoms with Gasteiger partial charge >= 0.3 is 0 Å². The van der Waals surface area contributed by atoms with Gasteiger partial charge in [0.15, 0.2) is 0 Å². The van der Waals surface area contributed by atoms with Crippen molar-refractivity contribution in [2.75, 3.05) is 10.6 Å². The monoisotopic (exact) mass is 312 g/mol. The van der Waals surface area contributed by atoms with Crippen LogP contribution >= 0.6 is 0 Å². The van der Waals surface area contributed by atoms with Crippen molar-refractivity contribution in [1.29, 1.82) is 0 Å². The summed E-state index contributed by atoms with van der Waals surface area (Å²) in [6, 6.07) is 7.83. The lowest BCUT2D eigenvalue weighted by atomic mass is 10.1. The molecule has 5 nitrogen and oxygen atoms in total. The molecule has 1 aromatic carbocycles. The number of hydrogen-bond donors (Lipinski definition) is 1. The van der Waals surface area contributed by atoms with Gasteiger partial charge in [-0.1, -0.05) is 32.0 Å². The van der Waals surface area contributed by atoms with Crippen molar-refractivity contribution in [3.05, 3.63) is 30.3 Å². The molecule has 0 fully saturated rings. The minimum atomic E-state index is -3.55. The molecule has 1 rings (SSSR count). The first-order valence-electron chi connectivity index (χ1n) is 6.99. The normalized spacial score (nSPS) is 14.6. The van der Waals surface area contributed by atoms with Crippen LogP contribution in [-0.2, 0) is 14.8 Å². The summed E-state index contributed by atoms with van der Waals surface area (Å²) in [5.74, 6) is -0.0185. The SMILES string of the molecule is CC(C)[C@@H](C)NC(=O)[C@@H](C)N(c1ccccc1)S(C)(=O)=O. The zero-order valence-electron chi connectivity index (χ0n) is 13.2. The Hall–Kier alpha value is -1.56. The third-order valence-corrected chi connectivity index (χ3v) is 4.71.